The molecule has 0 spiro atoms. The molecule has 0 radical (unpaired) electrons. The average molecular weight is 173 g/mol. The molecule has 1 saturated heterocycles. The first-order valence-corrected chi connectivity index (χ1v) is 4.23. The normalized spacial score (nSPS) is 27.3. The number of carbonyl (C=O) groups is 1. The van der Waals surface area contributed by atoms with Crippen LogP contribution < -0.4 is 0 Å². The van der Waals surface area contributed by atoms with E-state index in [0.717, 1.165) is 13.0 Å². The van der Waals surface area contributed by atoms with E-state index in [1.807, 2.05) is 11.8 Å². The van der Waals surface area contributed by atoms with Crippen LogP contribution in [0.3, 0.4) is 0 Å². The van der Waals surface area contributed by atoms with Crippen molar-refractivity contribution in [3.05, 3.63) is 0 Å². The number of hydrogen-bond donors (Lipinski definition) is 2. The number of aliphatic carboxylic acids is 1. The summed E-state index contributed by atoms with van der Waals surface area (Å²) in [6.45, 7) is 3.32. The number of aliphatic hydroxyl groups excluding tert-OH is 1. The number of aliphatic hydroxyl groups is 1. The van der Waals surface area contributed by atoms with Crippen LogP contribution in [0.15, 0.2) is 0 Å². The number of likely N-dealkylation sites (tertiary alicyclic amines) is 1. The number of carboxylic acid groups (broad SMARTS) is 1. The molecule has 1 heterocycles. The summed E-state index contributed by atoms with van der Waals surface area (Å²) < 4.78 is 0. The van der Waals surface area contributed by atoms with Gasteiger partial charge < -0.3 is 10.2 Å². The Balaban J connectivity index is 2.32. The average Bonchev–Trinajstić information content (AvgIpc) is 2.34. The van der Waals surface area contributed by atoms with Gasteiger partial charge in [0, 0.05) is 19.1 Å². The molecule has 0 aliphatic carbocycles. The first-order valence-electron chi connectivity index (χ1n) is 4.23. The van der Waals surface area contributed by atoms with Gasteiger partial charge in [0.15, 0.2) is 0 Å². The zero-order chi connectivity index (χ0) is 9.14. The summed E-state index contributed by atoms with van der Waals surface area (Å²) in [6.07, 6.45) is 0.665. The lowest BCUT2D eigenvalue weighted by atomic mass is 10.2. The summed E-state index contributed by atoms with van der Waals surface area (Å²) in [7, 11) is 0. The van der Waals surface area contributed by atoms with Gasteiger partial charge in [0.2, 0.25) is 0 Å². The second kappa shape index (κ2) is 3.87. The van der Waals surface area contributed by atoms with E-state index in [1.54, 1.807) is 0 Å². The monoisotopic (exact) mass is 173 g/mol. The predicted molar refractivity (Wildman–Crippen MR) is 43.9 cm³/mol. The fourth-order valence-electron chi connectivity index (χ4n) is 1.55. The molecule has 0 aromatic carbocycles. The van der Waals surface area contributed by atoms with Crippen LogP contribution in [-0.4, -0.2) is 46.3 Å². The summed E-state index contributed by atoms with van der Waals surface area (Å²) in [4.78, 5) is 12.4. The number of carboxylic acids is 1. The van der Waals surface area contributed by atoms with Gasteiger partial charge in [0.25, 0.3) is 0 Å². The smallest absolute Gasteiger partial charge is 0.304 e. The molecular formula is C8H15NO3. The summed E-state index contributed by atoms with van der Waals surface area (Å²) in [6, 6.07) is 0.0413. The lowest BCUT2D eigenvalue weighted by Gasteiger charge is -2.21. The van der Waals surface area contributed by atoms with E-state index in [0.29, 0.717) is 6.54 Å². The standard InChI is InChI=1S/C8H15NO3/c1-6(4-8(11)12)9-3-2-7(10)5-9/h6-7,10H,2-5H2,1H3,(H,11,12). The minimum atomic E-state index is -0.774. The van der Waals surface area contributed by atoms with E-state index in [9.17, 15) is 9.90 Å². The van der Waals surface area contributed by atoms with Crippen molar-refractivity contribution in [2.24, 2.45) is 0 Å². The second-order valence-electron chi connectivity index (χ2n) is 3.38. The third-order valence-electron chi connectivity index (χ3n) is 2.29. The van der Waals surface area contributed by atoms with E-state index in [2.05, 4.69) is 0 Å². The summed E-state index contributed by atoms with van der Waals surface area (Å²) in [5, 5.41) is 17.7. The number of rotatable bonds is 3. The molecule has 12 heavy (non-hydrogen) atoms. The quantitative estimate of drug-likeness (QED) is 0.626. The molecule has 0 aromatic rings. The van der Waals surface area contributed by atoms with Crippen molar-refractivity contribution < 1.29 is 15.0 Å². The molecule has 0 aromatic heterocycles. The van der Waals surface area contributed by atoms with Gasteiger partial charge in [-0.15, -0.1) is 0 Å². The Morgan fingerprint density at radius 3 is 2.83 bits per heavy atom. The van der Waals surface area contributed by atoms with Crippen LogP contribution in [0, 0.1) is 0 Å². The highest BCUT2D eigenvalue weighted by Crippen LogP contribution is 2.14. The van der Waals surface area contributed by atoms with E-state index in [4.69, 9.17) is 5.11 Å². The van der Waals surface area contributed by atoms with E-state index in [-0.39, 0.29) is 18.6 Å². The van der Waals surface area contributed by atoms with Crippen LogP contribution >= 0.6 is 0 Å². The molecule has 0 bridgehead atoms. The van der Waals surface area contributed by atoms with E-state index < -0.39 is 5.97 Å². The molecule has 4 nitrogen and oxygen atoms in total. The molecule has 0 amide bonds. The molecule has 1 aliphatic rings. The number of β-amino-alcohol motifs (C(OH)–C–C–N with tert-alkyl or cyclic N) is 1. The lowest BCUT2D eigenvalue weighted by Crippen LogP contribution is -2.33. The van der Waals surface area contributed by atoms with Crippen molar-refractivity contribution in [1.29, 1.82) is 0 Å². The largest absolute Gasteiger partial charge is 0.481 e. The zero-order valence-electron chi connectivity index (χ0n) is 7.23. The Morgan fingerprint density at radius 2 is 2.42 bits per heavy atom. The van der Waals surface area contributed by atoms with Crippen molar-refractivity contribution in [2.45, 2.75) is 31.9 Å². The summed E-state index contributed by atoms with van der Waals surface area (Å²) >= 11 is 0. The van der Waals surface area contributed by atoms with Crippen LogP contribution in [0.2, 0.25) is 0 Å². The number of nitrogens with zero attached hydrogens (tertiary/aromatic N) is 1. The molecule has 70 valence electrons. The Labute approximate surface area is 71.8 Å². The highest BCUT2D eigenvalue weighted by molar-refractivity contribution is 5.67. The summed E-state index contributed by atoms with van der Waals surface area (Å²) in [5.74, 6) is -0.774. The van der Waals surface area contributed by atoms with Gasteiger partial charge in [-0.3, -0.25) is 9.69 Å². The molecule has 1 rings (SSSR count). The molecule has 2 atom stereocenters. The Kier molecular flexibility index (Phi) is 3.05. The van der Waals surface area contributed by atoms with Crippen LogP contribution in [0.4, 0.5) is 0 Å². The molecule has 2 unspecified atom stereocenters. The van der Waals surface area contributed by atoms with Crippen molar-refractivity contribution in [3.63, 3.8) is 0 Å². The zero-order valence-corrected chi connectivity index (χ0v) is 7.23. The van der Waals surface area contributed by atoms with Crippen molar-refractivity contribution in [1.82, 2.24) is 4.90 Å². The van der Waals surface area contributed by atoms with E-state index in [1.165, 1.54) is 0 Å². The maximum atomic E-state index is 10.4. The minimum Gasteiger partial charge on any atom is -0.481 e. The molecule has 2 N–H and O–H groups in total. The fraction of sp³-hybridized carbons (Fsp3) is 0.875. The van der Waals surface area contributed by atoms with Gasteiger partial charge in [-0.1, -0.05) is 0 Å². The topological polar surface area (TPSA) is 60.8 Å². The van der Waals surface area contributed by atoms with Crippen molar-refractivity contribution in [3.8, 4) is 0 Å². The van der Waals surface area contributed by atoms with Crippen molar-refractivity contribution in [2.75, 3.05) is 13.1 Å². The maximum Gasteiger partial charge on any atom is 0.304 e. The van der Waals surface area contributed by atoms with Crippen LogP contribution in [-0.2, 0) is 4.79 Å². The molecule has 4 heteroatoms. The molecule has 1 aliphatic heterocycles. The van der Waals surface area contributed by atoms with E-state index >= 15 is 0 Å². The second-order valence-corrected chi connectivity index (χ2v) is 3.38. The Hall–Kier alpha value is -0.610. The first kappa shape index (κ1) is 9.48. The molecular weight excluding hydrogens is 158 g/mol. The SMILES string of the molecule is CC(CC(=O)O)N1CCC(O)C1. The molecule has 0 saturated carbocycles. The third kappa shape index (κ3) is 2.46. The Bertz CT molecular complexity index is 172. The number of hydrogen-bond acceptors (Lipinski definition) is 3. The van der Waals surface area contributed by atoms with Gasteiger partial charge in [-0.2, -0.15) is 0 Å². The van der Waals surface area contributed by atoms with Crippen LogP contribution in [0.25, 0.3) is 0 Å². The molecule has 1 fully saturated rings. The highest BCUT2D eigenvalue weighted by atomic mass is 16.4. The fourth-order valence-corrected chi connectivity index (χ4v) is 1.55. The first-order chi connectivity index (χ1) is 5.59. The van der Waals surface area contributed by atoms with Crippen LogP contribution in [0.1, 0.15) is 19.8 Å². The Morgan fingerprint density at radius 1 is 1.75 bits per heavy atom. The van der Waals surface area contributed by atoms with Crippen molar-refractivity contribution >= 4 is 5.97 Å². The maximum absolute atomic E-state index is 10.4. The van der Waals surface area contributed by atoms with Gasteiger partial charge >= 0.3 is 5.97 Å². The van der Waals surface area contributed by atoms with Gasteiger partial charge in [-0.25, -0.2) is 0 Å². The van der Waals surface area contributed by atoms with Gasteiger partial charge in [0.1, 0.15) is 0 Å². The summed E-state index contributed by atoms with van der Waals surface area (Å²) in [5.41, 5.74) is 0. The highest BCUT2D eigenvalue weighted by Gasteiger charge is 2.25. The van der Waals surface area contributed by atoms with Crippen LogP contribution in [0.5, 0.6) is 0 Å². The minimum absolute atomic E-state index is 0.0413. The predicted octanol–water partition coefficient (Wildman–Crippen LogP) is -0.0838. The third-order valence-corrected chi connectivity index (χ3v) is 2.29. The van der Waals surface area contributed by atoms with Gasteiger partial charge in [0.05, 0.1) is 12.5 Å². The van der Waals surface area contributed by atoms with Gasteiger partial charge in [-0.05, 0) is 13.3 Å². The lowest BCUT2D eigenvalue weighted by molar-refractivity contribution is -0.138.